The average Bonchev–Trinajstić information content (AvgIpc) is 2.92. The highest BCUT2D eigenvalue weighted by Gasteiger charge is 2.26. The van der Waals surface area contributed by atoms with Gasteiger partial charge in [-0.2, -0.15) is 0 Å². The van der Waals surface area contributed by atoms with Crippen LogP contribution in [0.25, 0.3) is 10.9 Å². The lowest BCUT2D eigenvalue weighted by molar-refractivity contribution is -0.119. The number of hydrogen-bond acceptors (Lipinski definition) is 3. The number of nitrogens with two attached hydrogens (primary N) is 1. The molecule has 1 atom stereocenters. The van der Waals surface area contributed by atoms with Crippen molar-refractivity contribution in [2.45, 2.75) is 39.8 Å². The van der Waals surface area contributed by atoms with E-state index in [1.165, 1.54) is 27.7 Å². The zero-order valence-electron chi connectivity index (χ0n) is 15.3. The molecule has 3 heterocycles. The summed E-state index contributed by atoms with van der Waals surface area (Å²) in [6.07, 6.45) is 4.42. The maximum Gasteiger partial charge on any atom is 0.226 e. The standard InChI is InChI=1S/C21H24N4O.CH4/c1-14-3-4-19-16(11-14)18-12-24(2)10-7-20(18)25(19)13-17(21(22)26)15-5-8-23-9-6-15;/h3-6,8-9,11,17H,7,10,12-13H2,1-2H3,(H2,22,26);1H4. The smallest absolute Gasteiger partial charge is 0.226 e. The largest absolute Gasteiger partial charge is 0.369 e. The zero-order valence-corrected chi connectivity index (χ0v) is 15.3. The van der Waals surface area contributed by atoms with Gasteiger partial charge in [-0.3, -0.25) is 9.78 Å². The number of nitrogens with zero attached hydrogens (tertiary/aromatic N) is 3. The first-order valence-electron chi connectivity index (χ1n) is 9.03. The van der Waals surface area contributed by atoms with E-state index in [1.54, 1.807) is 12.4 Å². The summed E-state index contributed by atoms with van der Waals surface area (Å²) in [7, 11) is 2.16. The van der Waals surface area contributed by atoms with Gasteiger partial charge in [-0.05, 0) is 49.4 Å². The van der Waals surface area contributed by atoms with Gasteiger partial charge in [0.2, 0.25) is 5.91 Å². The Morgan fingerprint density at radius 3 is 2.70 bits per heavy atom. The normalized spacial score (nSPS) is 15.2. The van der Waals surface area contributed by atoms with Crippen molar-refractivity contribution in [3.63, 3.8) is 0 Å². The molecular weight excluding hydrogens is 336 g/mol. The van der Waals surface area contributed by atoms with Crippen LogP contribution in [-0.4, -0.2) is 34.0 Å². The number of aryl methyl sites for hydroxylation is 1. The molecule has 1 amide bonds. The molecule has 3 aromatic rings. The van der Waals surface area contributed by atoms with E-state index in [1.807, 2.05) is 12.1 Å². The Labute approximate surface area is 160 Å². The van der Waals surface area contributed by atoms with Crippen LogP contribution in [0.3, 0.4) is 0 Å². The van der Waals surface area contributed by atoms with E-state index in [4.69, 9.17) is 5.73 Å². The second-order valence-electron chi connectivity index (χ2n) is 7.28. The van der Waals surface area contributed by atoms with Crippen LogP contribution >= 0.6 is 0 Å². The molecule has 1 unspecified atom stereocenters. The number of hydrogen-bond donors (Lipinski definition) is 1. The number of carbonyl (C=O) groups excluding carboxylic acids is 1. The number of likely N-dealkylation sites (N-methyl/N-ethyl adjacent to an activating group) is 1. The second kappa shape index (κ2) is 7.53. The SMILES string of the molecule is C.Cc1ccc2c(c1)c1c(n2CC(C(N)=O)c2ccncc2)CCN(C)C1. The molecule has 0 radical (unpaired) electrons. The highest BCUT2D eigenvalue weighted by atomic mass is 16.1. The molecule has 1 aliphatic heterocycles. The first-order valence-corrected chi connectivity index (χ1v) is 9.03. The van der Waals surface area contributed by atoms with Crippen LogP contribution < -0.4 is 5.73 Å². The number of amides is 1. The van der Waals surface area contributed by atoms with Crippen LogP contribution in [0, 0.1) is 6.92 Å². The molecule has 2 aromatic heterocycles. The van der Waals surface area contributed by atoms with Crippen LogP contribution in [-0.2, 0) is 24.3 Å². The van der Waals surface area contributed by atoms with Crippen molar-refractivity contribution < 1.29 is 4.79 Å². The molecule has 0 saturated heterocycles. The summed E-state index contributed by atoms with van der Waals surface area (Å²) in [5, 5.41) is 1.30. The molecule has 0 aliphatic carbocycles. The van der Waals surface area contributed by atoms with Crippen molar-refractivity contribution in [2.24, 2.45) is 5.73 Å². The molecule has 1 aliphatic rings. The number of benzene rings is 1. The predicted octanol–water partition coefficient (Wildman–Crippen LogP) is 3.24. The van der Waals surface area contributed by atoms with E-state index in [9.17, 15) is 4.79 Å². The van der Waals surface area contributed by atoms with Crippen LogP contribution in [0.15, 0.2) is 42.7 Å². The molecule has 0 saturated carbocycles. The minimum Gasteiger partial charge on any atom is -0.369 e. The topological polar surface area (TPSA) is 64.1 Å². The summed E-state index contributed by atoms with van der Waals surface area (Å²) in [5.74, 6) is -0.662. The minimum atomic E-state index is -0.362. The molecule has 1 aromatic carbocycles. The molecule has 2 N–H and O–H groups in total. The maximum atomic E-state index is 12.2. The van der Waals surface area contributed by atoms with E-state index in [0.29, 0.717) is 6.54 Å². The Hall–Kier alpha value is -2.66. The highest BCUT2D eigenvalue weighted by molar-refractivity contribution is 5.87. The van der Waals surface area contributed by atoms with Gasteiger partial charge in [-0.15, -0.1) is 0 Å². The first kappa shape index (κ1) is 19.1. The predicted molar refractivity (Wildman–Crippen MR) is 110 cm³/mol. The van der Waals surface area contributed by atoms with Gasteiger partial charge in [0, 0.05) is 55.0 Å². The van der Waals surface area contributed by atoms with Gasteiger partial charge in [-0.1, -0.05) is 19.1 Å². The third-order valence-corrected chi connectivity index (χ3v) is 5.42. The molecule has 142 valence electrons. The van der Waals surface area contributed by atoms with E-state index >= 15 is 0 Å². The molecule has 5 nitrogen and oxygen atoms in total. The number of pyridine rings is 1. The summed E-state index contributed by atoms with van der Waals surface area (Å²) >= 11 is 0. The molecular formula is C22H28N4O. The van der Waals surface area contributed by atoms with Crippen molar-refractivity contribution in [1.82, 2.24) is 14.5 Å². The van der Waals surface area contributed by atoms with Gasteiger partial charge in [0.15, 0.2) is 0 Å². The molecule has 5 heteroatoms. The lowest BCUT2D eigenvalue weighted by Crippen LogP contribution is -2.29. The molecule has 0 bridgehead atoms. The van der Waals surface area contributed by atoms with Crippen molar-refractivity contribution >= 4 is 16.8 Å². The van der Waals surface area contributed by atoms with Gasteiger partial charge in [0.25, 0.3) is 0 Å². The molecule has 4 rings (SSSR count). The minimum absolute atomic E-state index is 0. The Balaban J connectivity index is 0.00000210. The van der Waals surface area contributed by atoms with Crippen molar-refractivity contribution in [2.75, 3.05) is 13.6 Å². The number of fused-ring (bicyclic) bond motifs is 3. The fraction of sp³-hybridized carbons (Fsp3) is 0.364. The van der Waals surface area contributed by atoms with Crippen molar-refractivity contribution in [3.8, 4) is 0 Å². The van der Waals surface area contributed by atoms with Crippen LogP contribution in [0.4, 0.5) is 0 Å². The fourth-order valence-corrected chi connectivity index (χ4v) is 4.05. The Kier molecular flexibility index (Phi) is 5.33. The van der Waals surface area contributed by atoms with Crippen molar-refractivity contribution in [1.29, 1.82) is 0 Å². The third-order valence-electron chi connectivity index (χ3n) is 5.42. The number of primary amides is 1. The first-order chi connectivity index (χ1) is 12.5. The monoisotopic (exact) mass is 364 g/mol. The van der Waals surface area contributed by atoms with Crippen molar-refractivity contribution in [3.05, 3.63) is 65.1 Å². The molecule has 27 heavy (non-hydrogen) atoms. The van der Waals surface area contributed by atoms with Gasteiger partial charge in [0.1, 0.15) is 0 Å². The fourth-order valence-electron chi connectivity index (χ4n) is 4.05. The lowest BCUT2D eigenvalue weighted by atomic mass is 9.99. The lowest BCUT2D eigenvalue weighted by Gasteiger charge is -2.25. The second-order valence-corrected chi connectivity index (χ2v) is 7.28. The summed E-state index contributed by atoms with van der Waals surface area (Å²) in [6.45, 7) is 4.66. The zero-order chi connectivity index (χ0) is 18.3. The quantitative estimate of drug-likeness (QED) is 0.773. The molecule has 0 fully saturated rings. The third kappa shape index (κ3) is 3.47. The van der Waals surface area contributed by atoms with E-state index in [0.717, 1.165) is 25.1 Å². The summed E-state index contributed by atoms with van der Waals surface area (Å²) < 4.78 is 2.31. The van der Waals surface area contributed by atoms with Crippen LogP contribution in [0.1, 0.15) is 35.7 Å². The van der Waals surface area contributed by atoms with Gasteiger partial charge >= 0.3 is 0 Å². The average molecular weight is 364 g/mol. The Bertz CT molecular complexity index is 961. The van der Waals surface area contributed by atoms with Crippen LogP contribution in [0.5, 0.6) is 0 Å². The summed E-state index contributed by atoms with van der Waals surface area (Å²) in [6, 6.07) is 10.3. The van der Waals surface area contributed by atoms with Gasteiger partial charge in [0.05, 0.1) is 5.92 Å². The van der Waals surface area contributed by atoms with Crippen LogP contribution in [0.2, 0.25) is 0 Å². The maximum absolute atomic E-state index is 12.2. The van der Waals surface area contributed by atoms with E-state index in [-0.39, 0.29) is 19.3 Å². The van der Waals surface area contributed by atoms with Gasteiger partial charge < -0.3 is 15.2 Å². The highest BCUT2D eigenvalue weighted by Crippen LogP contribution is 2.33. The number of aromatic nitrogens is 2. The number of carbonyl (C=O) groups is 1. The Morgan fingerprint density at radius 1 is 1.26 bits per heavy atom. The summed E-state index contributed by atoms with van der Waals surface area (Å²) in [5.41, 5.74) is 11.9. The Morgan fingerprint density at radius 2 is 2.00 bits per heavy atom. The molecule has 0 spiro atoms. The van der Waals surface area contributed by atoms with E-state index < -0.39 is 0 Å². The summed E-state index contributed by atoms with van der Waals surface area (Å²) in [4.78, 5) is 18.6. The van der Waals surface area contributed by atoms with Gasteiger partial charge in [-0.25, -0.2) is 0 Å². The van der Waals surface area contributed by atoms with E-state index in [2.05, 4.69) is 46.6 Å². The number of rotatable bonds is 4.